The van der Waals surface area contributed by atoms with E-state index in [9.17, 15) is 14.7 Å². The van der Waals surface area contributed by atoms with Crippen molar-refractivity contribution < 1.29 is 14.7 Å². The molecular weight excluding hydrogens is 228 g/mol. The highest BCUT2D eigenvalue weighted by Gasteiger charge is 2.49. The fraction of sp³-hybridized carbons (Fsp3) is 0.733. The van der Waals surface area contributed by atoms with Crippen molar-refractivity contribution in [1.29, 1.82) is 0 Å². The van der Waals surface area contributed by atoms with Gasteiger partial charge in [-0.3, -0.25) is 9.59 Å². The van der Waals surface area contributed by atoms with E-state index in [1.807, 2.05) is 6.92 Å². The second kappa shape index (κ2) is 4.02. The molecule has 0 amide bonds. The first-order valence-electron chi connectivity index (χ1n) is 6.65. The maximum Gasteiger partial charge on any atom is 0.159 e. The average Bonchev–Trinajstić information content (AvgIpc) is 2.20. The second-order valence-corrected chi connectivity index (χ2v) is 6.73. The van der Waals surface area contributed by atoms with E-state index in [0.29, 0.717) is 18.4 Å². The van der Waals surface area contributed by atoms with Crippen LogP contribution in [0.25, 0.3) is 0 Å². The topological polar surface area (TPSA) is 54.4 Å². The van der Waals surface area contributed by atoms with E-state index < -0.39 is 5.60 Å². The van der Waals surface area contributed by atoms with E-state index in [-0.39, 0.29) is 28.8 Å². The lowest BCUT2D eigenvalue weighted by molar-refractivity contribution is -0.128. The minimum absolute atomic E-state index is 0.0252. The highest BCUT2D eigenvalue weighted by molar-refractivity contribution is 6.05. The smallest absolute Gasteiger partial charge is 0.159 e. The molecule has 2 aliphatic rings. The van der Waals surface area contributed by atoms with E-state index in [4.69, 9.17) is 0 Å². The van der Waals surface area contributed by atoms with E-state index >= 15 is 0 Å². The van der Waals surface area contributed by atoms with Gasteiger partial charge in [-0.25, -0.2) is 0 Å². The summed E-state index contributed by atoms with van der Waals surface area (Å²) in [6.07, 6.45) is 3.18. The maximum atomic E-state index is 12.3. The quantitative estimate of drug-likeness (QED) is 0.776. The maximum absolute atomic E-state index is 12.3. The summed E-state index contributed by atoms with van der Waals surface area (Å²) in [5, 5.41) is 10.2. The van der Waals surface area contributed by atoms with Crippen molar-refractivity contribution in [3.05, 3.63) is 11.6 Å². The van der Waals surface area contributed by atoms with Crippen LogP contribution < -0.4 is 0 Å². The van der Waals surface area contributed by atoms with Gasteiger partial charge in [-0.2, -0.15) is 0 Å². The van der Waals surface area contributed by atoms with Gasteiger partial charge in [-0.15, -0.1) is 0 Å². The Labute approximate surface area is 108 Å². The molecule has 0 aromatic carbocycles. The zero-order valence-electron chi connectivity index (χ0n) is 11.6. The monoisotopic (exact) mass is 250 g/mol. The third-order valence-electron chi connectivity index (χ3n) is 4.92. The zero-order valence-corrected chi connectivity index (χ0v) is 11.6. The number of carbonyl (C=O) groups is 2. The minimum Gasteiger partial charge on any atom is -0.390 e. The molecule has 0 radical (unpaired) electrons. The number of Topliss-reactive ketones (excluding diaryl/α,β-unsaturated/α-hetero) is 1. The Bertz CT molecular complexity index is 428. The van der Waals surface area contributed by atoms with Crippen LogP contribution in [0.1, 0.15) is 47.0 Å². The fourth-order valence-corrected chi connectivity index (χ4v) is 3.30. The van der Waals surface area contributed by atoms with E-state index in [0.717, 1.165) is 6.42 Å². The number of allylic oxidation sites excluding steroid dienone is 2. The van der Waals surface area contributed by atoms with Crippen molar-refractivity contribution in [2.45, 2.75) is 52.6 Å². The summed E-state index contributed by atoms with van der Waals surface area (Å²) in [5.41, 5.74) is -0.411. The summed E-state index contributed by atoms with van der Waals surface area (Å²) >= 11 is 0. The molecule has 3 atom stereocenters. The van der Waals surface area contributed by atoms with Crippen molar-refractivity contribution in [3.63, 3.8) is 0 Å². The molecule has 0 bridgehead atoms. The van der Waals surface area contributed by atoms with Gasteiger partial charge in [0.15, 0.2) is 11.6 Å². The van der Waals surface area contributed by atoms with Gasteiger partial charge >= 0.3 is 0 Å². The molecule has 100 valence electrons. The largest absolute Gasteiger partial charge is 0.390 e. The van der Waals surface area contributed by atoms with Crippen LogP contribution in [0.4, 0.5) is 0 Å². The van der Waals surface area contributed by atoms with Crippen LogP contribution in [-0.2, 0) is 9.59 Å². The molecule has 1 N–H and O–H groups in total. The van der Waals surface area contributed by atoms with Crippen LogP contribution in [0.15, 0.2) is 11.6 Å². The number of rotatable bonds is 1. The van der Waals surface area contributed by atoms with Gasteiger partial charge in [0.25, 0.3) is 0 Å². The molecule has 1 fully saturated rings. The lowest BCUT2D eigenvalue weighted by Gasteiger charge is -2.48. The molecule has 2 rings (SSSR count). The van der Waals surface area contributed by atoms with Crippen LogP contribution in [0, 0.1) is 17.3 Å². The van der Waals surface area contributed by atoms with Gasteiger partial charge in [-0.1, -0.05) is 13.8 Å². The van der Waals surface area contributed by atoms with Gasteiger partial charge in [0, 0.05) is 18.4 Å². The van der Waals surface area contributed by atoms with Crippen molar-refractivity contribution in [3.8, 4) is 0 Å². The minimum atomic E-state index is -0.842. The summed E-state index contributed by atoms with van der Waals surface area (Å²) in [5.74, 6) is 0.239. The first-order valence-corrected chi connectivity index (χ1v) is 6.65. The summed E-state index contributed by atoms with van der Waals surface area (Å²) in [6, 6.07) is 0. The Morgan fingerprint density at radius 3 is 2.50 bits per heavy atom. The summed E-state index contributed by atoms with van der Waals surface area (Å²) in [6.45, 7) is 7.62. The Balaban J connectivity index is 2.41. The molecule has 0 aromatic rings. The molecule has 0 aliphatic heterocycles. The van der Waals surface area contributed by atoms with Crippen LogP contribution >= 0.6 is 0 Å². The molecule has 0 aromatic heterocycles. The van der Waals surface area contributed by atoms with E-state index in [2.05, 4.69) is 6.92 Å². The van der Waals surface area contributed by atoms with Crippen molar-refractivity contribution >= 4 is 11.6 Å². The Hall–Kier alpha value is -0.960. The third-order valence-corrected chi connectivity index (χ3v) is 4.92. The fourth-order valence-electron chi connectivity index (χ4n) is 3.30. The SMILES string of the molecule is C[C@H]1CC(=O)C=C2C(=O)C[C@H](C(C)(C)O)C[C@]21C. The van der Waals surface area contributed by atoms with Crippen molar-refractivity contribution in [2.75, 3.05) is 0 Å². The lowest BCUT2D eigenvalue weighted by atomic mass is 9.56. The molecule has 0 unspecified atom stereocenters. The standard InChI is InChI=1S/C15H22O3/c1-9-5-11(16)7-12-13(17)6-10(14(2,3)18)8-15(9,12)4/h7,9-10,18H,5-6,8H2,1-4H3/t9-,10-,15-/m0/s1. The number of ketones is 2. The Morgan fingerprint density at radius 2 is 1.94 bits per heavy atom. The normalized spacial score (nSPS) is 37.3. The van der Waals surface area contributed by atoms with Crippen LogP contribution in [0.5, 0.6) is 0 Å². The predicted octanol–water partition coefficient (Wildman–Crippen LogP) is 2.28. The summed E-state index contributed by atoms with van der Waals surface area (Å²) in [7, 11) is 0. The van der Waals surface area contributed by atoms with Gasteiger partial charge in [0.1, 0.15) is 0 Å². The molecule has 3 heteroatoms. The molecule has 0 heterocycles. The molecule has 2 aliphatic carbocycles. The Kier molecular flexibility index (Phi) is 3.01. The molecule has 1 saturated carbocycles. The summed E-state index contributed by atoms with van der Waals surface area (Å²) in [4.78, 5) is 23.9. The van der Waals surface area contributed by atoms with Gasteiger partial charge < -0.3 is 5.11 Å². The molecule has 0 spiro atoms. The third kappa shape index (κ3) is 2.05. The number of aliphatic hydroxyl groups is 1. The van der Waals surface area contributed by atoms with Crippen LogP contribution in [0.2, 0.25) is 0 Å². The average molecular weight is 250 g/mol. The second-order valence-electron chi connectivity index (χ2n) is 6.73. The molecule has 3 nitrogen and oxygen atoms in total. The van der Waals surface area contributed by atoms with E-state index in [1.54, 1.807) is 19.9 Å². The van der Waals surface area contributed by atoms with Gasteiger partial charge in [-0.05, 0) is 43.6 Å². The van der Waals surface area contributed by atoms with Crippen LogP contribution in [-0.4, -0.2) is 22.3 Å². The molecule has 0 saturated heterocycles. The van der Waals surface area contributed by atoms with Crippen LogP contribution in [0.3, 0.4) is 0 Å². The number of hydrogen-bond donors (Lipinski definition) is 1. The molecule has 18 heavy (non-hydrogen) atoms. The van der Waals surface area contributed by atoms with Crippen molar-refractivity contribution in [2.24, 2.45) is 17.3 Å². The number of fused-ring (bicyclic) bond motifs is 1. The highest BCUT2D eigenvalue weighted by atomic mass is 16.3. The lowest BCUT2D eigenvalue weighted by Crippen LogP contribution is -2.47. The number of hydrogen-bond acceptors (Lipinski definition) is 3. The van der Waals surface area contributed by atoms with Gasteiger partial charge in [0.05, 0.1) is 5.60 Å². The zero-order chi connectivity index (χ0) is 13.7. The predicted molar refractivity (Wildman–Crippen MR) is 69.0 cm³/mol. The number of carbonyl (C=O) groups excluding carboxylic acids is 2. The summed E-state index contributed by atoms with van der Waals surface area (Å²) < 4.78 is 0. The van der Waals surface area contributed by atoms with Crippen molar-refractivity contribution in [1.82, 2.24) is 0 Å². The first-order chi connectivity index (χ1) is 8.14. The van der Waals surface area contributed by atoms with E-state index in [1.165, 1.54) is 0 Å². The molecular formula is C15H22O3. The van der Waals surface area contributed by atoms with Gasteiger partial charge in [0.2, 0.25) is 0 Å². The Morgan fingerprint density at radius 1 is 1.33 bits per heavy atom. The highest BCUT2D eigenvalue weighted by Crippen LogP contribution is 2.52. The first kappa shape index (κ1) is 13.5.